The molecule has 0 aromatic heterocycles. The standard InChI is InChI=1S/C12H24O4/c1-2-3-4-5-7-15-9-11-12(14)10(13)6-8-16-11/h10-14H,2-9H2,1H3. The molecule has 0 spiro atoms. The quantitative estimate of drug-likeness (QED) is 0.645. The zero-order valence-corrected chi connectivity index (χ0v) is 10.1. The van der Waals surface area contributed by atoms with Crippen LogP contribution in [0.2, 0.25) is 0 Å². The van der Waals surface area contributed by atoms with Crippen molar-refractivity contribution in [1.29, 1.82) is 0 Å². The number of hydrogen-bond acceptors (Lipinski definition) is 4. The van der Waals surface area contributed by atoms with Crippen molar-refractivity contribution in [1.82, 2.24) is 0 Å². The fraction of sp³-hybridized carbons (Fsp3) is 1.00. The Labute approximate surface area is 97.6 Å². The Balaban J connectivity index is 2.03. The van der Waals surface area contributed by atoms with Gasteiger partial charge in [0.25, 0.3) is 0 Å². The first-order valence-electron chi connectivity index (χ1n) is 6.31. The molecular weight excluding hydrogens is 208 g/mol. The maximum Gasteiger partial charge on any atom is 0.109 e. The van der Waals surface area contributed by atoms with Gasteiger partial charge in [-0.25, -0.2) is 0 Å². The van der Waals surface area contributed by atoms with Gasteiger partial charge in [0.15, 0.2) is 0 Å². The smallest absolute Gasteiger partial charge is 0.109 e. The lowest BCUT2D eigenvalue weighted by atomic mass is 10.0. The average molecular weight is 232 g/mol. The monoisotopic (exact) mass is 232 g/mol. The van der Waals surface area contributed by atoms with E-state index in [-0.39, 0.29) is 6.10 Å². The first-order valence-corrected chi connectivity index (χ1v) is 6.31. The number of aliphatic hydroxyl groups is 2. The maximum atomic E-state index is 9.62. The average Bonchev–Trinajstić information content (AvgIpc) is 2.29. The first kappa shape index (κ1) is 13.9. The number of hydrogen-bond donors (Lipinski definition) is 2. The van der Waals surface area contributed by atoms with Gasteiger partial charge in [-0.3, -0.25) is 0 Å². The van der Waals surface area contributed by atoms with Crippen LogP contribution in [0.3, 0.4) is 0 Å². The molecule has 0 aromatic rings. The van der Waals surface area contributed by atoms with Crippen LogP contribution in [-0.4, -0.2) is 48.3 Å². The second-order valence-electron chi connectivity index (χ2n) is 4.39. The van der Waals surface area contributed by atoms with E-state index < -0.39 is 12.2 Å². The molecule has 1 aliphatic rings. The van der Waals surface area contributed by atoms with Gasteiger partial charge in [-0.1, -0.05) is 26.2 Å². The second kappa shape index (κ2) is 8.01. The van der Waals surface area contributed by atoms with E-state index in [1.165, 1.54) is 19.3 Å². The molecule has 96 valence electrons. The Kier molecular flexibility index (Phi) is 6.96. The molecule has 4 heteroatoms. The summed E-state index contributed by atoms with van der Waals surface area (Å²) in [6.45, 7) is 3.77. The summed E-state index contributed by atoms with van der Waals surface area (Å²) < 4.78 is 10.8. The van der Waals surface area contributed by atoms with E-state index >= 15 is 0 Å². The van der Waals surface area contributed by atoms with Gasteiger partial charge < -0.3 is 19.7 Å². The van der Waals surface area contributed by atoms with Crippen LogP contribution in [0, 0.1) is 0 Å². The fourth-order valence-corrected chi connectivity index (χ4v) is 1.83. The van der Waals surface area contributed by atoms with Crippen LogP contribution in [0.25, 0.3) is 0 Å². The molecule has 1 fully saturated rings. The van der Waals surface area contributed by atoms with Gasteiger partial charge in [0, 0.05) is 13.2 Å². The number of ether oxygens (including phenoxy) is 2. The van der Waals surface area contributed by atoms with Gasteiger partial charge in [0.2, 0.25) is 0 Å². The zero-order valence-electron chi connectivity index (χ0n) is 10.1. The summed E-state index contributed by atoms with van der Waals surface area (Å²) in [6, 6.07) is 0. The molecule has 0 radical (unpaired) electrons. The van der Waals surface area contributed by atoms with Crippen LogP contribution in [0.15, 0.2) is 0 Å². The fourth-order valence-electron chi connectivity index (χ4n) is 1.83. The molecule has 4 nitrogen and oxygen atoms in total. The zero-order chi connectivity index (χ0) is 11.8. The van der Waals surface area contributed by atoms with Crippen molar-refractivity contribution in [3.63, 3.8) is 0 Å². The SMILES string of the molecule is CCCCCCOCC1OCCC(O)C1O. The van der Waals surface area contributed by atoms with Gasteiger partial charge in [0.05, 0.1) is 12.7 Å². The van der Waals surface area contributed by atoms with Gasteiger partial charge in [-0.2, -0.15) is 0 Å². The molecule has 1 saturated heterocycles. The van der Waals surface area contributed by atoms with Gasteiger partial charge >= 0.3 is 0 Å². The van der Waals surface area contributed by atoms with Crippen molar-refractivity contribution in [3.05, 3.63) is 0 Å². The van der Waals surface area contributed by atoms with Gasteiger partial charge in [-0.05, 0) is 12.8 Å². The third kappa shape index (κ3) is 4.78. The third-order valence-electron chi connectivity index (χ3n) is 2.95. The highest BCUT2D eigenvalue weighted by molar-refractivity contribution is 4.80. The van der Waals surface area contributed by atoms with E-state index in [9.17, 15) is 10.2 Å². The van der Waals surface area contributed by atoms with Crippen LogP contribution in [0.1, 0.15) is 39.0 Å². The molecular formula is C12H24O4. The Morgan fingerprint density at radius 1 is 1.25 bits per heavy atom. The molecule has 1 rings (SSSR count). The predicted octanol–water partition coefficient (Wildman–Crippen LogP) is 1.09. The minimum Gasteiger partial charge on any atom is -0.390 e. The molecule has 1 aliphatic heterocycles. The molecule has 0 aliphatic carbocycles. The minimum atomic E-state index is -0.801. The van der Waals surface area contributed by atoms with Crippen LogP contribution in [0.5, 0.6) is 0 Å². The summed E-state index contributed by atoms with van der Waals surface area (Å²) in [5, 5.41) is 19.1. The van der Waals surface area contributed by atoms with Crippen LogP contribution < -0.4 is 0 Å². The molecule has 0 bridgehead atoms. The predicted molar refractivity (Wildman–Crippen MR) is 61.3 cm³/mol. The van der Waals surface area contributed by atoms with Crippen LogP contribution in [-0.2, 0) is 9.47 Å². The highest BCUT2D eigenvalue weighted by Crippen LogP contribution is 2.15. The molecule has 2 N–H and O–H groups in total. The van der Waals surface area contributed by atoms with Crippen molar-refractivity contribution in [2.45, 2.75) is 57.3 Å². The third-order valence-corrected chi connectivity index (χ3v) is 2.95. The lowest BCUT2D eigenvalue weighted by Gasteiger charge is -2.31. The van der Waals surface area contributed by atoms with E-state index in [1.54, 1.807) is 0 Å². The van der Waals surface area contributed by atoms with Crippen LogP contribution in [0.4, 0.5) is 0 Å². The van der Waals surface area contributed by atoms with Crippen LogP contribution >= 0.6 is 0 Å². The van der Waals surface area contributed by atoms with E-state index in [2.05, 4.69) is 6.92 Å². The summed E-state index contributed by atoms with van der Waals surface area (Å²) in [7, 11) is 0. The normalized spacial score (nSPS) is 30.6. The topological polar surface area (TPSA) is 58.9 Å². The van der Waals surface area contributed by atoms with Crippen molar-refractivity contribution in [3.8, 4) is 0 Å². The summed E-state index contributed by atoms with van der Waals surface area (Å²) in [4.78, 5) is 0. The highest BCUT2D eigenvalue weighted by Gasteiger charge is 2.31. The highest BCUT2D eigenvalue weighted by atomic mass is 16.5. The number of rotatable bonds is 7. The Morgan fingerprint density at radius 3 is 2.81 bits per heavy atom. The maximum absolute atomic E-state index is 9.62. The van der Waals surface area contributed by atoms with E-state index in [1.807, 2.05) is 0 Å². The van der Waals surface area contributed by atoms with E-state index in [4.69, 9.17) is 9.47 Å². The molecule has 16 heavy (non-hydrogen) atoms. The number of unbranched alkanes of at least 4 members (excludes halogenated alkanes) is 3. The van der Waals surface area contributed by atoms with Gasteiger partial charge in [0.1, 0.15) is 12.2 Å². The van der Waals surface area contributed by atoms with Gasteiger partial charge in [-0.15, -0.1) is 0 Å². The van der Waals surface area contributed by atoms with Crippen molar-refractivity contribution in [2.75, 3.05) is 19.8 Å². The molecule has 0 saturated carbocycles. The minimum absolute atomic E-state index is 0.366. The Bertz CT molecular complexity index is 174. The molecule has 0 aromatic carbocycles. The lowest BCUT2D eigenvalue weighted by molar-refractivity contribution is -0.154. The molecule has 0 amide bonds. The molecule has 3 unspecified atom stereocenters. The summed E-state index contributed by atoms with van der Waals surface area (Å²) in [5.74, 6) is 0. The Hall–Kier alpha value is -0.160. The first-order chi connectivity index (χ1) is 7.75. The lowest BCUT2D eigenvalue weighted by Crippen LogP contribution is -2.46. The second-order valence-corrected chi connectivity index (χ2v) is 4.39. The number of aliphatic hydroxyl groups excluding tert-OH is 2. The summed E-state index contributed by atoms with van der Waals surface area (Å²) >= 11 is 0. The molecule has 1 heterocycles. The summed E-state index contributed by atoms with van der Waals surface area (Å²) in [5.41, 5.74) is 0. The van der Waals surface area contributed by atoms with Crippen molar-refractivity contribution >= 4 is 0 Å². The van der Waals surface area contributed by atoms with Crippen molar-refractivity contribution in [2.24, 2.45) is 0 Å². The van der Waals surface area contributed by atoms with Crippen molar-refractivity contribution < 1.29 is 19.7 Å². The Morgan fingerprint density at radius 2 is 2.06 bits per heavy atom. The largest absolute Gasteiger partial charge is 0.390 e. The summed E-state index contributed by atoms with van der Waals surface area (Å²) in [6.07, 6.45) is 3.38. The molecule has 3 atom stereocenters. The van der Waals surface area contributed by atoms with E-state index in [0.29, 0.717) is 26.2 Å². The van der Waals surface area contributed by atoms with E-state index in [0.717, 1.165) is 6.42 Å².